The van der Waals surface area contributed by atoms with Crippen LogP contribution in [0, 0.1) is 20.8 Å². The molecule has 2 aromatic carbocycles. The lowest BCUT2D eigenvalue weighted by Gasteiger charge is -2.16. The molecular formula is C17H18N2O3S. The number of aryl methyl sites for hydroxylation is 1. The molecule has 0 spiro atoms. The van der Waals surface area contributed by atoms with E-state index in [-0.39, 0.29) is 4.90 Å². The molecule has 0 fully saturated rings. The molecule has 6 heteroatoms. The lowest BCUT2D eigenvalue weighted by Crippen LogP contribution is -2.14. The van der Waals surface area contributed by atoms with E-state index < -0.39 is 10.0 Å². The van der Waals surface area contributed by atoms with Crippen molar-refractivity contribution in [2.75, 3.05) is 7.11 Å². The van der Waals surface area contributed by atoms with Gasteiger partial charge in [0.1, 0.15) is 12.1 Å². The van der Waals surface area contributed by atoms with Gasteiger partial charge < -0.3 is 4.74 Å². The number of hydrogen-bond acceptors (Lipinski definition) is 4. The molecule has 120 valence electrons. The van der Waals surface area contributed by atoms with Crippen molar-refractivity contribution in [2.45, 2.75) is 25.7 Å². The average molecular weight is 330 g/mol. The van der Waals surface area contributed by atoms with Crippen LogP contribution in [-0.4, -0.2) is 24.5 Å². The van der Waals surface area contributed by atoms with E-state index >= 15 is 0 Å². The molecule has 0 N–H and O–H groups in total. The molecule has 0 saturated carbocycles. The number of hydrogen-bond donors (Lipinski definition) is 0. The third kappa shape index (κ3) is 2.30. The van der Waals surface area contributed by atoms with Crippen molar-refractivity contribution in [3.05, 3.63) is 53.3 Å². The van der Waals surface area contributed by atoms with Gasteiger partial charge in [0.05, 0.1) is 23.0 Å². The molecule has 0 aliphatic rings. The minimum absolute atomic E-state index is 0.274. The smallest absolute Gasteiger partial charge is 0.269 e. The molecule has 1 aromatic heterocycles. The summed E-state index contributed by atoms with van der Waals surface area (Å²) in [6.45, 7) is 5.51. The number of para-hydroxylation sites is 2. The quantitative estimate of drug-likeness (QED) is 0.740. The van der Waals surface area contributed by atoms with Gasteiger partial charge in [-0.15, -0.1) is 0 Å². The highest BCUT2D eigenvalue weighted by Gasteiger charge is 2.24. The highest BCUT2D eigenvalue weighted by atomic mass is 32.2. The molecule has 0 radical (unpaired) electrons. The molecule has 3 aromatic rings. The van der Waals surface area contributed by atoms with Crippen LogP contribution in [0.5, 0.6) is 5.75 Å². The molecule has 0 aliphatic heterocycles. The summed E-state index contributed by atoms with van der Waals surface area (Å²) >= 11 is 0. The predicted octanol–water partition coefficient (Wildman–Crippen LogP) is 3.21. The Morgan fingerprint density at radius 3 is 2.48 bits per heavy atom. The molecule has 0 atom stereocenters. The van der Waals surface area contributed by atoms with Crippen molar-refractivity contribution < 1.29 is 13.2 Å². The highest BCUT2D eigenvalue weighted by molar-refractivity contribution is 7.90. The number of rotatable bonds is 3. The summed E-state index contributed by atoms with van der Waals surface area (Å²) in [6, 6.07) is 8.83. The molecule has 5 nitrogen and oxygen atoms in total. The van der Waals surface area contributed by atoms with Gasteiger partial charge in [-0.2, -0.15) is 0 Å². The van der Waals surface area contributed by atoms with E-state index in [0.717, 1.165) is 16.9 Å². The minimum Gasteiger partial charge on any atom is -0.496 e. The maximum absolute atomic E-state index is 13.1. The van der Waals surface area contributed by atoms with Gasteiger partial charge >= 0.3 is 0 Å². The monoisotopic (exact) mass is 330 g/mol. The van der Waals surface area contributed by atoms with Crippen molar-refractivity contribution in [3.8, 4) is 5.75 Å². The second-order valence-corrected chi connectivity index (χ2v) is 7.29. The fourth-order valence-corrected chi connectivity index (χ4v) is 4.50. The number of aromatic nitrogens is 2. The molecule has 0 aliphatic carbocycles. The summed E-state index contributed by atoms with van der Waals surface area (Å²) in [5.41, 5.74) is 3.52. The minimum atomic E-state index is -3.72. The van der Waals surface area contributed by atoms with Crippen LogP contribution in [-0.2, 0) is 10.0 Å². The SMILES string of the molecule is COc1c(C)cc(S(=O)(=O)n2cnc3ccccc32)c(C)c1C. The number of imidazole rings is 1. The molecule has 0 bridgehead atoms. The number of nitrogens with zero attached hydrogens (tertiary/aromatic N) is 2. The molecular weight excluding hydrogens is 312 g/mol. The predicted molar refractivity (Wildman–Crippen MR) is 89.5 cm³/mol. The van der Waals surface area contributed by atoms with Gasteiger partial charge in [0, 0.05) is 0 Å². The van der Waals surface area contributed by atoms with Crippen LogP contribution in [0.25, 0.3) is 11.0 Å². The van der Waals surface area contributed by atoms with Crippen molar-refractivity contribution >= 4 is 21.1 Å². The van der Waals surface area contributed by atoms with E-state index in [2.05, 4.69) is 4.98 Å². The van der Waals surface area contributed by atoms with Crippen LogP contribution in [0.15, 0.2) is 41.6 Å². The number of ether oxygens (including phenoxy) is 1. The Labute approximate surface area is 135 Å². The zero-order valence-electron chi connectivity index (χ0n) is 13.5. The first kappa shape index (κ1) is 15.6. The number of fused-ring (bicyclic) bond motifs is 1. The van der Waals surface area contributed by atoms with Crippen molar-refractivity contribution in [1.29, 1.82) is 0 Å². The largest absolute Gasteiger partial charge is 0.496 e. The average Bonchev–Trinajstić information content (AvgIpc) is 2.96. The first-order valence-corrected chi connectivity index (χ1v) is 8.64. The topological polar surface area (TPSA) is 61.2 Å². The number of methoxy groups -OCH3 is 1. The van der Waals surface area contributed by atoms with Crippen LogP contribution in [0.2, 0.25) is 0 Å². The van der Waals surface area contributed by atoms with E-state index in [1.165, 1.54) is 10.3 Å². The summed E-state index contributed by atoms with van der Waals surface area (Å²) in [7, 11) is -2.13. The van der Waals surface area contributed by atoms with Crippen LogP contribution in [0.1, 0.15) is 16.7 Å². The Morgan fingerprint density at radius 2 is 1.78 bits per heavy atom. The van der Waals surface area contributed by atoms with Gasteiger partial charge in [-0.3, -0.25) is 0 Å². The van der Waals surface area contributed by atoms with Gasteiger partial charge in [0.15, 0.2) is 0 Å². The number of benzene rings is 2. The van der Waals surface area contributed by atoms with Crippen LogP contribution in [0.3, 0.4) is 0 Å². The van der Waals surface area contributed by atoms with Gasteiger partial charge in [-0.05, 0) is 55.7 Å². The van der Waals surface area contributed by atoms with Gasteiger partial charge in [0.25, 0.3) is 10.0 Å². The highest BCUT2D eigenvalue weighted by Crippen LogP contribution is 2.32. The molecule has 0 saturated heterocycles. The van der Waals surface area contributed by atoms with Gasteiger partial charge in [-0.1, -0.05) is 12.1 Å². The van der Waals surface area contributed by atoms with E-state index in [0.29, 0.717) is 16.6 Å². The van der Waals surface area contributed by atoms with Crippen molar-refractivity contribution in [3.63, 3.8) is 0 Å². The van der Waals surface area contributed by atoms with E-state index in [4.69, 9.17) is 4.74 Å². The Hall–Kier alpha value is -2.34. The van der Waals surface area contributed by atoms with Crippen LogP contribution >= 0.6 is 0 Å². The van der Waals surface area contributed by atoms with Crippen LogP contribution < -0.4 is 4.74 Å². The molecule has 23 heavy (non-hydrogen) atoms. The second-order valence-electron chi connectivity index (χ2n) is 5.51. The fraction of sp³-hybridized carbons (Fsp3) is 0.235. The Bertz CT molecular complexity index is 1000. The van der Waals surface area contributed by atoms with E-state index in [9.17, 15) is 8.42 Å². The summed E-state index contributed by atoms with van der Waals surface area (Å²) in [5.74, 6) is 0.719. The lowest BCUT2D eigenvalue weighted by atomic mass is 10.1. The third-order valence-electron chi connectivity index (χ3n) is 4.14. The standard InChI is InChI=1S/C17H18N2O3S/c1-11-9-16(12(2)13(3)17(11)22-4)23(20,21)19-10-18-14-7-5-6-8-15(14)19/h5-10H,1-4H3. The van der Waals surface area contributed by atoms with Gasteiger partial charge in [-0.25, -0.2) is 17.4 Å². The van der Waals surface area contributed by atoms with E-state index in [1.807, 2.05) is 19.9 Å². The first-order valence-electron chi connectivity index (χ1n) is 7.20. The van der Waals surface area contributed by atoms with Crippen LogP contribution in [0.4, 0.5) is 0 Å². The summed E-state index contributed by atoms with van der Waals surface area (Å²) < 4.78 is 32.8. The molecule has 3 rings (SSSR count). The van der Waals surface area contributed by atoms with Crippen molar-refractivity contribution in [1.82, 2.24) is 8.96 Å². The molecule has 1 heterocycles. The zero-order valence-corrected chi connectivity index (χ0v) is 14.3. The Balaban J connectivity index is 2.29. The summed E-state index contributed by atoms with van der Waals surface area (Å²) in [6.07, 6.45) is 1.36. The maximum Gasteiger partial charge on any atom is 0.269 e. The van der Waals surface area contributed by atoms with Crippen molar-refractivity contribution in [2.24, 2.45) is 0 Å². The maximum atomic E-state index is 13.1. The first-order chi connectivity index (χ1) is 10.9. The molecule has 0 amide bonds. The Morgan fingerprint density at radius 1 is 1.09 bits per heavy atom. The second kappa shape index (κ2) is 5.38. The summed E-state index contributed by atoms with van der Waals surface area (Å²) in [5, 5.41) is 0. The molecule has 0 unspecified atom stereocenters. The lowest BCUT2D eigenvalue weighted by molar-refractivity contribution is 0.407. The third-order valence-corrected chi connectivity index (χ3v) is 5.93. The fourth-order valence-electron chi connectivity index (χ4n) is 2.84. The van der Waals surface area contributed by atoms with Gasteiger partial charge in [0.2, 0.25) is 0 Å². The normalized spacial score (nSPS) is 11.8. The Kier molecular flexibility index (Phi) is 3.64. The van der Waals surface area contributed by atoms with E-state index in [1.54, 1.807) is 38.3 Å². The summed E-state index contributed by atoms with van der Waals surface area (Å²) in [4.78, 5) is 4.45. The zero-order chi connectivity index (χ0) is 16.8.